The number of hydrogen-bond acceptors (Lipinski definition) is 4. The van der Waals surface area contributed by atoms with Crippen molar-refractivity contribution in [3.05, 3.63) is 0 Å². The van der Waals surface area contributed by atoms with E-state index >= 15 is 0 Å². The molecule has 6 heteroatoms. The zero-order chi connectivity index (χ0) is 13.5. The van der Waals surface area contributed by atoms with Gasteiger partial charge in [0.1, 0.15) is 0 Å². The lowest BCUT2D eigenvalue weighted by Crippen LogP contribution is -2.39. The second kappa shape index (κ2) is 7.31. The summed E-state index contributed by atoms with van der Waals surface area (Å²) in [5.41, 5.74) is -0.188. The lowest BCUT2D eigenvalue weighted by Gasteiger charge is -2.27. The van der Waals surface area contributed by atoms with Crippen LogP contribution in [0.15, 0.2) is 0 Å². The van der Waals surface area contributed by atoms with Crippen LogP contribution >= 0.6 is 0 Å². The van der Waals surface area contributed by atoms with Crippen molar-refractivity contribution in [2.75, 3.05) is 26.0 Å². The number of ether oxygens (including phenoxy) is 1. The molecule has 0 bridgehead atoms. The molecule has 0 aliphatic carbocycles. The van der Waals surface area contributed by atoms with Crippen LogP contribution < -0.4 is 10.0 Å². The van der Waals surface area contributed by atoms with E-state index in [9.17, 15) is 8.42 Å². The summed E-state index contributed by atoms with van der Waals surface area (Å²) in [6, 6.07) is 0.224. The fourth-order valence-corrected chi connectivity index (χ4v) is 2.60. The molecule has 0 saturated heterocycles. The van der Waals surface area contributed by atoms with Gasteiger partial charge in [-0.15, -0.1) is 0 Å². The van der Waals surface area contributed by atoms with E-state index < -0.39 is 10.0 Å². The monoisotopic (exact) mass is 266 g/mol. The number of sulfonamides is 1. The quantitative estimate of drug-likeness (QED) is 0.645. The summed E-state index contributed by atoms with van der Waals surface area (Å²) >= 11 is 0. The lowest BCUT2D eigenvalue weighted by atomic mass is 10.00. The molecule has 0 radical (unpaired) electrons. The SMILES string of the molecule is CCNS(=O)(=O)CCN[C@@H](C)CC(C)(C)OC. The van der Waals surface area contributed by atoms with Gasteiger partial charge in [-0.1, -0.05) is 6.92 Å². The van der Waals surface area contributed by atoms with E-state index in [0.29, 0.717) is 13.1 Å². The number of nitrogens with one attached hydrogen (secondary N) is 2. The standard InChI is InChI=1S/C11H26N2O3S/c1-6-13-17(14,15)8-7-12-10(2)9-11(3,4)16-5/h10,12-13H,6-9H2,1-5H3/t10-/m0/s1. The molecule has 0 spiro atoms. The molecule has 0 saturated carbocycles. The molecule has 0 aromatic heterocycles. The number of hydrogen-bond donors (Lipinski definition) is 2. The third-order valence-electron chi connectivity index (χ3n) is 2.58. The van der Waals surface area contributed by atoms with Gasteiger partial charge in [0, 0.05) is 26.2 Å². The minimum atomic E-state index is -3.12. The Morgan fingerprint density at radius 2 is 1.94 bits per heavy atom. The third-order valence-corrected chi connectivity index (χ3v) is 4.05. The molecule has 0 heterocycles. The summed E-state index contributed by atoms with van der Waals surface area (Å²) in [7, 11) is -1.44. The van der Waals surface area contributed by atoms with Crippen molar-refractivity contribution in [2.24, 2.45) is 0 Å². The van der Waals surface area contributed by atoms with Crippen LogP contribution in [0.25, 0.3) is 0 Å². The Hall–Kier alpha value is -0.170. The highest BCUT2D eigenvalue weighted by atomic mass is 32.2. The van der Waals surface area contributed by atoms with Crippen molar-refractivity contribution >= 4 is 10.0 Å². The molecule has 0 aromatic carbocycles. The first-order chi connectivity index (χ1) is 7.72. The molecule has 0 amide bonds. The topological polar surface area (TPSA) is 67.4 Å². The van der Waals surface area contributed by atoms with Gasteiger partial charge in [-0.3, -0.25) is 0 Å². The van der Waals surface area contributed by atoms with Gasteiger partial charge in [0.2, 0.25) is 10.0 Å². The molecule has 0 fully saturated rings. The maximum Gasteiger partial charge on any atom is 0.212 e. The molecular formula is C11H26N2O3S. The molecule has 0 aliphatic rings. The summed E-state index contributed by atoms with van der Waals surface area (Å²) in [6.07, 6.45) is 0.838. The maximum absolute atomic E-state index is 11.4. The molecule has 104 valence electrons. The molecule has 0 unspecified atom stereocenters. The lowest BCUT2D eigenvalue weighted by molar-refractivity contribution is 0.00876. The van der Waals surface area contributed by atoms with Crippen LogP contribution in [0.3, 0.4) is 0 Å². The van der Waals surface area contributed by atoms with E-state index in [1.807, 2.05) is 20.8 Å². The summed E-state index contributed by atoms with van der Waals surface area (Å²) < 4.78 is 30.5. The van der Waals surface area contributed by atoms with Crippen LogP contribution in [0.2, 0.25) is 0 Å². The number of rotatable bonds is 9. The smallest absolute Gasteiger partial charge is 0.212 e. The fourth-order valence-electron chi connectivity index (χ4n) is 1.62. The minimum absolute atomic E-state index is 0.110. The predicted octanol–water partition coefficient (Wildman–Crippen LogP) is 0.719. The van der Waals surface area contributed by atoms with E-state index in [2.05, 4.69) is 10.0 Å². The molecule has 5 nitrogen and oxygen atoms in total. The van der Waals surface area contributed by atoms with Crippen LogP contribution in [-0.2, 0) is 14.8 Å². The Kier molecular flexibility index (Phi) is 7.23. The van der Waals surface area contributed by atoms with E-state index in [1.54, 1.807) is 14.0 Å². The first-order valence-corrected chi connectivity index (χ1v) is 7.63. The van der Waals surface area contributed by atoms with Crippen LogP contribution in [0.5, 0.6) is 0 Å². The molecule has 2 N–H and O–H groups in total. The van der Waals surface area contributed by atoms with Gasteiger partial charge in [0.15, 0.2) is 0 Å². The molecule has 0 aromatic rings. The average molecular weight is 266 g/mol. The van der Waals surface area contributed by atoms with E-state index in [4.69, 9.17) is 4.74 Å². The zero-order valence-corrected chi connectivity index (χ0v) is 12.4. The molecule has 17 heavy (non-hydrogen) atoms. The van der Waals surface area contributed by atoms with Crippen LogP contribution in [0.4, 0.5) is 0 Å². The van der Waals surface area contributed by atoms with Gasteiger partial charge in [-0.25, -0.2) is 13.1 Å². The molecule has 0 rings (SSSR count). The van der Waals surface area contributed by atoms with E-state index in [0.717, 1.165) is 6.42 Å². The number of methoxy groups -OCH3 is 1. The van der Waals surface area contributed by atoms with Gasteiger partial charge in [-0.2, -0.15) is 0 Å². The first kappa shape index (κ1) is 16.8. The highest BCUT2D eigenvalue weighted by Gasteiger charge is 2.20. The highest BCUT2D eigenvalue weighted by Crippen LogP contribution is 2.14. The summed E-state index contributed by atoms with van der Waals surface area (Å²) in [6.45, 7) is 8.72. The van der Waals surface area contributed by atoms with Crippen molar-refractivity contribution in [1.29, 1.82) is 0 Å². The van der Waals surface area contributed by atoms with Crippen molar-refractivity contribution in [3.63, 3.8) is 0 Å². The van der Waals surface area contributed by atoms with Gasteiger partial charge in [0.25, 0.3) is 0 Å². The maximum atomic E-state index is 11.4. The minimum Gasteiger partial charge on any atom is -0.379 e. The Morgan fingerprint density at radius 3 is 2.41 bits per heavy atom. The Balaban J connectivity index is 3.90. The van der Waals surface area contributed by atoms with Crippen LogP contribution in [-0.4, -0.2) is 46.0 Å². The fraction of sp³-hybridized carbons (Fsp3) is 1.00. The van der Waals surface area contributed by atoms with Crippen molar-refractivity contribution < 1.29 is 13.2 Å². The summed E-state index contributed by atoms with van der Waals surface area (Å²) in [5.74, 6) is 0.110. The third kappa shape index (κ3) is 8.54. The summed E-state index contributed by atoms with van der Waals surface area (Å²) in [5, 5.41) is 3.19. The van der Waals surface area contributed by atoms with Crippen LogP contribution in [0.1, 0.15) is 34.1 Å². The second-order valence-corrected chi connectivity index (χ2v) is 6.77. The van der Waals surface area contributed by atoms with E-state index in [1.165, 1.54) is 0 Å². The highest BCUT2D eigenvalue weighted by molar-refractivity contribution is 7.89. The second-order valence-electron chi connectivity index (χ2n) is 4.84. The normalized spacial score (nSPS) is 14.9. The summed E-state index contributed by atoms with van der Waals surface area (Å²) in [4.78, 5) is 0. The Labute approximate surface area is 105 Å². The largest absolute Gasteiger partial charge is 0.379 e. The Bertz CT molecular complexity index is 302. The molecule has 0 aliphatic heterocycles. The average Bonchev–Trinajstić information content (AvgIpc) is 2.16. The predicted molar refractivity (Wildman–Crippen MR) is 70.6 cm³/mol. The molecular weight excluding hydrogens is 240 g/mol. The first-order valence-electron chi connectivity index (χ1n) is 5.98. The van der Waals surface area contributed by atoms with Crippen molar-refractivity contribution in [1.82, 2.24) is 10.0 Å². The van der Waals surface area contributed by atoms with Crippen molar-refractivity contribution in [3.8, 4) is 0 Å². The molecule has 1 atom stereocenters. The Morgan fingerprint density at radius 1 is 1.35 bits per heavy atom. The van der Waals surface area contributed by atoms with Gasteiger partial charge < -0.3 is 10.1 Å². The van der Waals surface area contributed by atoms with Gasteiger partial charge in [0.05, 0.1) is 11.4 Å². The zero-order valence-electron chi connectivity index (χ0n) is 11.5. The van der Waals surface area contributed by atoms with Gasteiger partial charge >= 0.3 is 0 Å². The van der Waals surface area contributed by atoms with E-state index in [-0.39, 0.29) is 17.4 Å². The van der Waals surface area contributed by atoms with Gasteiger partial charge in [-0.05, 0) is 27.2 Å². The van der Waals surface area contributed by atoms with Crippen LogP contribution in [0, 0.1) is 0 Å². The van der Waals surface area contributed by atoms with Crippen molar-refractivity contribution in [2.45, 2.75) is 45.8 Å².